The number of allylic oxidation sites excluding steroid dienone is 2. The van der Waals surface area contributed by atoms with Crippen molar-refractivity contribution in [2.45, 2.75) is 25.9 Å². The van der Waals surface area contributed by atoms with Gasteiger partial charge in [-0.25, -0.2) is 0 Å². The average Bonchev–Trinajstić information content (AvgIpc) is 2.63. The van der Waals surface area contributed by atoms with Gasteiger partial charge in [-0.1, -0.05) is 11.6 Å². The third-order valence-electron chi connectivity index (χ3n) is 4.60. The molecule has 0 radical (unpaired) electrons. The third-order valence-corrected chi connectivity index (χ3v) is 4.60. The Hall–Kier alpha value is -2.99. The minimum Gasteiger partial charge on any atom is -0.508 e. The van der Waals surface area contributed by atoms with E-state index in [4.69, 9.17) is 9.47 Å². The molecule has 6 nitrogen and oxygen atoms in total. The minimum atomic E-state index is -2.04. The number of carbonyl (C=O) groups excluding carboxylic acids is 1. The fraction of sp³-hybridized carbons (Fsp3) is 0.286. The first-order chi connectivity index (χ1) is 12.8. The molecule has 0 aromatic heterocycles. The number of aliphatic hydroxyl groups is 1. The second-order valence-electron chi connectivity index (χ2n) is 6.83. The number of carbonyl (C=O) groups is 1. The van der Waals surface area contributed by atoms with E-state index in [0.29, 0.717) is 12.2 Å². The highest BCUT2D eigenvalue weighted by Crippen LogP contribution is 2.42. The van der Waals surface area contributed by atoms with Gasteiger partial charge in [0.05, 0.1) is 12.7 Å². The number of hydrogen-bond donors (Lipinski definition) is 3. The zero-order valence-corrected chi connectivity index (χ0v) is 15.4. The van der Waals surface area contributed by atoms with Crippen LogP contribution in [0.1, 0.15) is 35.3 Å². The smallest absolute Gasteiger partial charge is 0.206 e. The number of Topliss-reactive ketones (excluding diaryl/α,β-unsaturated/α-hetero) is 1. The maximum absolute atomic E-state index is 13.0. The molecule has 3 rings (SSSR count). The molecule has 6 heteroatoms. The van der Waals surface area contributed by atoms with Gasteiger partial charge in [-0.2, -0.15) is 0 Å². The Bertz CT molecular complexity index is 927. The summed E-state index contributed by atoms with van der Waals surface area (Å²) in [6.07, 6.45) is 2.51. The predicted molar refractivity (Wildman–Crippen MR) is 99.6 cm³/mol. The van der Waals surface area contributed by atoms with Gasteiger partial charge in [-0.3, -0.25) is 4.79 Å². The molecule has 1 unspecified atom stereocenters. The number of benzene rings is 2. The molecule has 0 saturated heterocycles. The lowest BCUT2D eigenvalue weighted by Gasteiger charge is -2.33. The number of hydrogen-bond acceptors (Lipinski definition) is 6. The molecule has 2 aromatic rings. The molecule has 2 aromatic carbocycles. The van der Waals surface area contributed by atoms with E-state index in [9.17, 15) is 20.1 Å². The van der Waals surface area contributed by atoms with Crippen LogP contribution in [-0.4, -0.2) is 34.8 Å². The van der Waals surface area contributed by atoms with Crippen LogP contribution in [0.3, 0.4) is 0 Å². The molecule has 1 atom stereocenters. The molecule has 0 amide bonds. The van der Waals surface area contributed by atoms with Crippen LogP contribution in [0, 0.1) is 0 Å². The van der Waals surface area contributed by atoms with Crippen LogP contribution in [0.4, 0.5) is 0 Å². The fourth-order valence-electron chi connectivity index (χ4n) is 3.10. The van der Waals surface area contributed by atoms with Crippen molar-refractivity contribution in [3.05, 3.63) is 58.7 Å². The van der Waals surface area contributed by atoms with Crippen molar-refractivity contribution in [1.82, 2.24) is 0 Å². The molecule has 1 aliphatic heterocycles. The maximum atomic E-state index is 13.0. The predicted octanol–water partition coefficient (Wildman–Crippen LogP) is 3.08. The van der Waals surface area contributed by atoms with Gasteiger partial charge in [0.25, 0.3) is 0 Å². The zero-order valence-electron chi connectivity index (χ0n) is 15.4. The summed E-state index contributed by atoms with van der Waals surface area (Å²) in [6, 6.07) is 7.02. The van der Waals surface area contributed by atoms with Crippen LogP contribution >= 0.6 is 0 Å². The van der Waals surface area contributed by atoms with Gasteiger partial charge in [0, 0.05) is 17.7 Å². The van der Waals surface area contributed by atoms with Gasteiger partial charge in [-0.05, 0) is 44.0 Å². The Morgan fingerprint density at radius 3 is 2.67 bits per heavy atom. The Morgan fingerprint density at radius 1 is 1.26 bits per heavy atom. The number of ether oxygens (including phenoxy) is 2. The molecule has 0 spiro atoms. The van der Waals surface area contributed by atoms with E-state index in [1.165, 1.54) is 31.4 Å². The summed E-state index contributed by atoms with van der Waals surface area (Å²) in [6.45, 7) is 3.56. The second kappa shape index (κ2) is 6.96. The average molecular weight is 370 g/mol. The summed E-state index contributed by atoms with van der Waals surface area (Å²) in [5.74, 6) is -0.232. The largest absolute Gasteiger partial charge is 0.508 e. The van der Waals surface area contributed by atoms with E-state index in [1.807, 2.05) is 19.9 Å². The molecule has 0 saturated carbocycles. The highest BCUT2D eigenvalue weighted by Gasteiger charge is 2.46. The highest BCUT2D eigenvalue weighted by molar-refractivity contribution is 6.06. The normalized spacial score (nSPS) is 18.4. The topological polar surface area (TPSA) is 96.2 Å². The number of phenols is 2. The highest BCUT2D eigenvalue weighted by atomic mass is 16.5. The molecule has 3 N–H and O–H groups in total. The molecule has 1 heterocycles. The number of rotatable bonds is 4. The standard InChI is InChI=1S/C21H22O6/c1-12(2)4-5-13-8-16(17(23)10-18(13)26-3)21(25)11-27-19-9-14(22)6-7-15(19)20(21)24/h4,6-10,22-23,25H,5,11H2,1-3H3. The molecular weight excluding hydrogens is 348 g/mol. The zero-order chi connectivity index (χ0) is 19.8. The van der Waals surface area contributed by atoms with Crippen molar-refractivity contribution in [1.29, 1.82) is 0 Å². The van der Waals surface area contributed by atoms with Crippen molar-refractivity contribution >= 4 is 5.78 Å². The Morgan fingerprint density at radius 2 is 2.00 bits per heavy atom. The number of phenolic OH excluding ortho intramolecular Hbond substituents is 2. The molecule has 27 heavy (non-hydrogen) atoms. The van der Waals surface area contributed by atoms with Gasteiger partial charge in [0.2, 0.25) is 5.78 Å². The molecular formula is C21H22O6. The molecule has 142 valence electrons. The summed E-state index contributed by atoms with van der Waals surface area (Å²) >= 11 is 0. The van der Waals surface area contributed by atoms with Crippen LogP contribution in [0.2, 0.25) is 0 Å². The van der Waals surface area contributed by atoms with Crippen molar-refractivity contribution in [3.8, 4) is 23.0 Å². The minimum absolute atomic E-state index is 0.0386. The van der Waals surface area contributed by atoms with Crippen LogP contribution in [0.25, 0.3) is 0 Å². The van der Waals surface area contributed by atoms with Crippen molar-refractivity contribution in [2.24, 2.45) is 0 Å². The Kier molecular flexibility index (Phi) is 4.85. The lowest BCUT2D eigenvalue weighted by Crippen LogP contribution is -2.45. The Labute approximate surface area is 157 Å². The van der Waals surface area contributed by atoms with Crippen LogP contribution < -0.4 is 9.47 Å². The van der Waals surface area contributed by atoms with E-state index >= 15 is 0 Å². The lowest BCUT2D eigenvalue weighted by atomic mass is 9.83. The molecule has 0 fully saturated rings. The van der Waals surface area contributed by atoms with Crippen molar-refractivity contribution in [2.75, 3.05) is 13.7 Å². The van der Waals surface area contributed by atoms with Gasteiger partial charge < -0.3 is 24.8 Å². The van der Waals surface area contributed by atoms with E-state index in [1.54, 1.807) is 6.07 Å². The second-order valence-corrected chi connectivity index (χ2v) is 6.83. The molecule has 0 aliphatic carbocycles. The number of aromatic hydroxyl groups is 2. The van der Waals surface area contributed by atoms with Crippen molar-refractivity contribution < 1.29 is 29.6 Å². The first-order valence-electron chi connectivity index (χ1n) is 8.53. The third kappa shape index (κ3) is 3.36. The van der Waals surface area contributed by atoms with Gasteiger partial charge in [0.15, 0.2) is 5.60 Å². The quantitative estimate of drug-likeness (QED) is 0.716. The summed E-state index contributed by atoms with van der Waals surface area (Å²) in [5.41, 5.74) is -0.00715. The number of fused-ring (bicyclic) bond motifs is 1. The first-order valence-corrected chi connectivity index (χ1v) is 8.53. The SMILES string of the molecule is COc1cc(O)c(C2(O)COc3cc(O)ccc3C2=O)cc1CC=C(C)C. The first kappa shape index (κ1) is 18.8. The van der Waals surface area contributed by atoms with Gasteiger partial charge >= 0.3 is 0 Å². The van der Waals surface area contributed by atoms with E-state index in [0.717, 1.165) is 11.1 Å². The monoisotopic (exact) mass is 370 g/mol. The van der Waals surface area contributed by atoms with Crippen LogP contribution in [0.5, 0.6) is 23.0 Å². The number of methoxy groups -OCH3 is 1. The summed E-state index contributed by atoms with van der Waals surface area (Å²) < 4.78 is 10.8. The number of ketones is 1. The Balaban J connectivity index is 2.09. The van der Waals surface area contributed by atoms with Crippen LogP contribution in [-0.2, 0) is 12.0 Å². The van der Waals surface area contributed by atoms with Crippen LogP contribution in [0.15, 0.2) is 42.0 Å². The van der Waals surface area contributed by atoms with Gasteiger partial charge in [-0.15, -0.1) is 0 Å². The lowest BCUT2D eigenvalue weighted by molar-refractivity contribution is -0.00637. The van der Waals surface area contributed by atoms with E-state index in [-0.39, 0.29) is 35.0 Å². The molecule has 1 aliphatic rings. The van der Waals surface area contributed by atoms with E-state index in [2.05, 4.69) is 0 Å². The van der Waals surface area contributed by atoms with Gasteiger partial charge in [0.1, 0.15) is 29.6 Å². The van der Waals surface area contributed by atoms with E-state index < -0.39 is 11.4 Å². The fourth-order valence-corrected chi connectivity index (χ4v) is 3.10. The summed E-state index contributed by atoms with van der Waals surface area (Å²) in [4.78, 5) is 13.0. The maximum Gasteiger partial charge on any atom is 0.206 e. The summed E-state index contributed by atoms with van der Waals surface area (Å²) in [7, 11) is 1.49. The summed E-state index contributed by atoms with van der Waals surface area (Å²) in [5, 5.41) is 31.1. The van der Waals surface area contributed by atoms with Crippen molar-refractivity contribution in [3.63, 3.8) is 0 Å². The molecule has 0 bridgehead atoms.